The Morgan fingerprint density at radius 2 is 1.94 bits per heavy atom. The van der Waals surface area contributed by atoms with E-state index in [9.17, 15) is 4.79 Å². The molecule has 0 aromatic rings. The first-order chi connectivity index (χ1) is 8.83. The van der Waals surface area contributed by atoms with Crippen molar-refractivity contribution >= 4 is 17.7 Å². The van der Waals surface area contributed by atoms with E-state index in [4.69, 9.17) is 5.11 Å². The number of amides is 1. The highest BCUT2D eigenvalue weighted by molar-refractivity contribution is 8.00. The fourth-order valence-corrected chi connectivity index (χ4v) is 3.08. The zero-order chi connectivity index (χ0) is 13.1. The van der Waals surface area contributed by atoms with Crippen LogP contribution in [0.5, 0.6) is 0 Å². The van der Waals surface area contributed by atoms with Crippen LogP contribution in [0.2, 0.25) is 0 Å². The summed E-state index contributed by atoms with van der Waals surface area (Å²) in [6.45, 7) is 3.23. The predicted octanol–water partition coefficient (Wildman–Crippen LogP) is 1.14. The minimum absolute atomic E-state index is 0.167. The monoisotopic (exact) mass is 274 g/mol. The molecule has 0 aromatic heterocycles. The van der Waals surface area contributed by atoms with Crippen LogP contribution in [0.15, 0.2) is 0 Å². The molecule has 0 aliphatic carbocycles. The third-order valence-corrected chi connectivity index (χ3v) is 4.52. The van der Waals surface area contributed by atoms with Gasteiger partial charge in [-0.1, -0.05) is 12.8 Å². The minimum Gasteiger partial charge on any atom is -0.396 e. The lowest BCUT2D eigenvalue weighted by Gasteiger charge is -2.21. The molecule has 18 heavy (non-hydrogen) atoms. The van der Waals surface area contributed by atoms with E-state index < -0.39 is 0 Å². The summed E-state index contributed by atoms with van der Waals surface area (Å²) in [7, 11) is 0. The van der Waals surface area contributed by atoms with Gasteiger partial charge >= 0.3 is 0 Å². The van der Waals surface area contributed by atoms with E-state index in [2.05, 4.69) is 10.6 Å². The summed E-state index contributed by atoms with van der Waals surface area (Å²) in [4.78, 5) is 11.6. The molecule has 106 valence electrons. The highest BCUT2D eigenvalue weighted by atomic mass is 32.2. The van der Waals surface area contributed by atoms with Crippen LogP contribution in [0.25, 0.3) is 0 Å². The average molecular weight is 274 g/mol. The molecular formula is C13H26N2O2S. The van der Waals surface area contributed by atoms with Gasteiger partial charge in [-0.25, -0.2) is 0 Å². The molecule has 0 aromatic carbocycles. The van der Waals surface area contributed by atoms with Crippen LogP contribution < -0.4 is 10.6 Å². The van der Waals surface area contributed by atoms with E-state index in [1.54, 1.807) is 11.8 Å². The molecule has 5 heteroatoms. The number of nitrogens with one attached hydrogen (secondary N) is 2. The second-order valence-electron chi connectivity index (χ2n) is 4.75. The normalized spacial score (nSPS) is 16.7. The third-order valence-electron chi connectivity index (χ3n) is 3.14. The summed E-state index contributed by atoms with van der Waals surface area (Å²) in [6.07, 6.45) is 6.39. The molecule has 1 saturated heterocycles. The number of hydrogen-bond acceptors (Lipinski definition) is 4. The Morgan fingerprint density at radius 1 is 1.22 bits per heavy atom. The van der Waals surface area contributed by atoms with Crippen molar-refractivity contribution in [2.45, 2.75) is 43.8 Å². The molecular weight excluding hydrogens is 248 g/mol. The van der Waals surface area contributed by atoms with Crippen LogP contribution in [-0.2, 0) is 4.79 Å². The number of piperidine rings is 1. The summed E-state index contributed by atoms with van der Waals surface area (Å²) < 4.78 is 0. The topological polar surface area (TPSA) is 61.4 Å². The van der Waals surface area contributed by atoms with Crippen molar-refractivity contribution in [1.82, 2.24) is 10.6 Å². The highest BCUT2D eigenvalue weighted by Crippen LogP contribution is 2.19. The molecule has 0 spiro atoms. The van der Waals surface area contributed by atoms with Crippen molar-refractivity contribution < 1.29 is 9.90 Å². The Labute approximate surface area is 114 Å². The molecule has 0 radical (unpaired) electrons. The molecule has 1 rings (SSSR count). The van der Waals surface area contributed by atoms with E-state index in [0.29, 0.717) is 11.0 Å². The van der Waals surface area contributed by atoms with Gasteiger partial charge in [-0.2, -0.15) is 0 Å². The van der Waals surface area contributed by atoms with Gasteiger partial charge in [0.2, 0.25) is 5.91 Å². The number of rotatable bonds is 9. The van der Waals surface area contributed by atoms with Gasteiger partial charge in [0.25, 0.3) is 0 Å². The lowest BCUT2D eigenvalue weighted by atomic mass is 10.2. The van der Waals surface area contributed by atoms with Crippen molar-refractivity contribution in [3.63, 3.8) is 0 Å². The Kier molecular flexibility index (Phi) is 9.34. The van der Waals surface area contributed by atoms with Crippen LogP contribution in [0.3, 0.4) is 0 Å². The van der Waals surface area contributed by atoms with Gasteiger partial charge in [0.05, 0.1) is 5.75 Å². The first-order valence-electron chi connectivity index (χ1n) is 7.03. The van der Waals surface area contributed by atoms with E-state index in [1.807, 2.05) is 0 Å². The van der Waals surface area contributed by atoms with E-state index in [1.165, 1.54) is 12.8 Å². The number of thioether (sulfide) groups is 1. The number of carbonyl (C=O) groups is 1. The van der Waals surface area contributed by atoms with Crippen LogP contribution in [0.1, 0.15) is 38.5 Å². The predicted molar refractivity (Wildman–Crippen MR) is 76.9 cm³/mol. The minimum atomic E-state index is 0.167. The fourth-order valence-electron chi connectivity index (χ4n) is 2.02. The molecule has 0 bridgehead atoms. The van der Waals surface area contributed by atoms with Gasteiger partial charge in [0, 0.05) is 18.4 Å². The van der Waals surface area contributed by atoms with Gasteiger partial charge in [-0.15, -0.1) is 11.8 Å². The standard InChI is InChI=1S/C13H26N2O2S/c16-10-4-2-1-3-7-15-13(17)11-18-12-5-8-14-9-6-12/h12,14,16H,1-11H2,(H,15,17). The van der Waals surface area contributed by atoms with E-state index in [-0.39, 0.29) is 12.5 Å². The Balaban J connectivity index is 1.90. The third kappa shape index (κ3) is 7.95. The SMILES string of the molecule is O=C(CSC1CCNCC1)NCCCCCCO. The molecule has 4 nitrogen and oxygen atoms in total. The second kappa shape index (κ2) is 10.6. The number of carbonyl (C=O) groups excluding carboxylic acids is 1. The summed E-state index contributed by atoms with van der Waals surface area (Å²) in [5, 5.41) is 15.6. The van der Waals surface area contributed by atoms with Gasteiger partial charge < -0.3 is 15.7 Å². The second-order valence-corrected chi connectivity index (χ2v) is 6.04. The van der Waals surface area contributed by atoms with Crippen LogP contribution in [0.4, 0.5) is 0 Å². The van der Waals surface area contributed by atoms with Crippen LogP contribution in [-0.4, -0.2) is 48.3 Å². The molecule has 0 saturated carbocycles. The maximum absolute atomic E-state index is 11.6. The van der Waals surface area contributed by atoms with Crippen molar-refractivity contribution in [2.75, 3.05) is 32.0 Å². The summed E-state index contributed by atoms with van der Waals surface area (Å²) in [5.41, 5.74) is 0. The summed E-state index contributed by atoms with van der Waals surface area (Å²) in [6, 6.07) is 0. The Hall–Kier alpha value is -0.260. The van der Waals surface area contributed by atoms with Gasteiger partial charge in [-0.3, -0.25) is 4.79 Å². The molecule has 3 N–H and O–H groups in total. The molecule has 0 unspecified atom stereocenters. The number of hydrogen-bond donors (Lipinski definition) is 3. The largest absolute Gasteiger partial charge is 0.396 e. The van der Waals surface area contributed by atoms with E-state index in [0.717, 1.165) is 45.3 Å². The van der Waals surface area contributed by atoms with Crippen molar-refractivity contribution in [2.24, 2.45) is 0 Å². The van der Waals surface area contributed by atoms with E-state index >= 15 is 0 Å². The fraction of sp³-hybridized carbons (Fsp3) is 0.923. The summed E-state index contributed by atoms with van der Waals surface area (Å²) in [5.74, 6) is 0.766. The van der Waals surface area contributed by atoms with Crippen LogP contribution >= 0.6 is 11.8 Å². The van der Waals surface area contributed by atoms with Gasteiger partial charge in [0.1, 0.15) is 0 Å². The molecule has 1 fully saturated rings. The Bertz CT molecular complexity index is 221. The Morgan fingerprint density at radius 3 is 2.67 bits per heavy atom. The maximum Gasteiger partial charge on any atom is 0.230 e. The smallest absolute Gasteiger partial charge is 0.230 e. The summed E-state index contributed by atoms with van der Waals surface area (Å²) >= 11 is 1.79. The highest BCUT2D eigenvalue weighted by Gasteiger charge is 2.14. The molecule has 0 atom stereocenters. The lowest BCUT2D eigenvalue weighted by molar-refractivity contribution is -0.118. The maximum atomic E-state index is 11.6. The number of aliphatic hydroxyl groups excluding tert-OH is 1. The van der Waals surface area contributed by atoms with Gasteiger partial charge in [0.15, 0.2) is 0 Å². The van der Waals surface area contributed by atoms with Crippen molar-refractivity contribution in [3.05, 3.63) is 0 Å². The first kappa shape index (κ1) is 15.8. The first-order valence-corrected chi connectivity index (χ1v) is 8.07. The van der Waals surface area contributed by atoms with Crippen molar-refractivity contribution in [3.8, 4) is 0 Å². The quantitative estimate of drug-likeness (QED) is 0.552. The molecule has 1 heterocycles. The lowest BCUT2D eigenvalue weighted by Crippen LogP contribution is -2.31. The zero-order valence-electron chi connectivity index (χ0n) is 11.1. The van der Waals surface area contributed by atoms with Crippen LogP contribution in [0, 0.1) is 0 Å². The molecule has 1 amide bonds. The molecule has 1 aliphatic rings. The van der Waals surface area contributed by atoms with Gasteiger partial charge in [-0.05, 0) is 38.8 Å². The number of aliphatic hydroxyl groups is 1. The van der Waals surface area contributed by atoms with Crippen molar-refractivity contribution in [1.29, 1.82) is 0 Å². The molecule has 1 aliphatic heterocycles. The average Bonchev–Trinajstić information content (AvgIpc) is 2.41. The zero-order valence-corrected chi connectivity index (χ0v) is 11.9. The number of unbranched alkanes of at least 4 members (excludes halogenated alkanes) is 3.